The Morgan fingerprint density at radius 3 is 2.85 bits per heavy atom. The van der Waals surface area contributed by atoms with Gasteiger partial charge in [-0.3, -0.25) is 9.78 Å². The van der Waals surface area contributed by atoms with Crippen LogP contribution in [0.1, 0.15) is 21.6 Å². The SMILES string of the molecule is COc1cccc(CCNC(=O)c2ccc(C)nc2)c1. The zero-order chi connectivity index (χ0) is 14.4. The monoisotopic (exact) mass is 270 g/mol. The highest BCUT2D eigenvalue weighted by Crippen LogP contribution is 2.12. The van der Waals surface area contributed by atoms with Crippen molar-refractivity contribution in [2.45, 2.75) is 13.3 Å². The normalized spacial score (nSPS) is 10.1. The molecule has 1 aromatic carbocycles. The first-order valence-electron chi connectivity index (χ1n) is 6.53. The number of hydrogen-bond donors (Lipinski definition) is 1. The summed E-state index contributed by atoms with van der Waals surface area (Å²) < 4.78 is 5.17. The van der Waals surface area contributed by atoms with Crippen LogP contribution < -0.4 is 10.1 Å². The van der Waals surface area contributed by atoms with Gasteiger partial charge in [0.2, 0.25) is 0 Å². The van der Waals surface area contributed by atoms with Crippen molar-refractivity contribution in [3.05, 3.63) is 59.4 Å². The van der Waals surface area contributed by atoms with Crippen LogP contribution in [0.15, 0.2) is 42.6 Å². The number of ether oxygens (including phenoxy) is 1. The summed E-state index contributed by atoms with van der Waals surface area (Å²) in [5.74, 6) is 0.733. The molecule has 1 heterocycles. The Hall–Kier alpha value is -2.36. The Balaban J connectivity index is 1.86. The van der Waals surface area contributed by atoms with Crippen LogP contribution >= 0.6 is 0 Å². The second kappa shape index (κ2) is 6.70. The van der Waals surface area contributed by atoms with Gasteiger partial charge in [-0.1, -0.05) is 12.1 Å². The van der Waals surface area contributed by atoms with Crippen molar-refractivity contribution in [2.24, 2.45) is 0 Å². The third-order valence-corrected chi connectivity index (χ3v) is 3.01. The molecule has 4 heteroatoms. The minimum absolute atomic E-state index is 0.0969. The van der Waals surface area contributed by atoms with E-state index in [-0.39, 0.29) is 5.91 Å². The maximum Gasteiger partial charge on any atom is 0.252 e. The number of pyridine rings is 1. The van der Waals surface area contributed by atoms with Crippen LogP contribution in [0.2, 0.25) is 0 Å². The molecule has 0 atom stereocenters. The summed E-state index contributed by atoms with van der Waals surface area (Å²) >= 11 is 0. The predicted molar refractivity (Wildman–Crippen MR) is 78.0 cm³/mol. The van der Waals surface area contributed by atoms with Crippen LogP contribution in [0.5, 0.6) is 5.75 Å². The molecule has 1 aromatic heterocycles. The molecule has 0 saturated carbocycles. The van der Waals surface area contributed by atoms with Crippen LogP contribution in [0.3, 0.4) is 0 Å². The van der Waals surface area contributed by atoms with E-state index in [1.165, 1.54) is 0 Å². The first-order chi connectivity index (χ1) is 9.69. The van der Waals surface area contributed by atoms with E-state index in [9.17, 15) is 4.79 Å². The van der Waals surface area contributed by atoms with E-state index in [1.54, 1.807) is 19.4 Å². The van der Waals surface area contributed by atoms with Gasteiger partial charge in [0.15, 0.2) is 0 Å². The largest absolute Gasteiger partial charge is 0.497 e. The number of amides is 1. The highest BCUT2D eigenvalue weighted by molar-refractivity contribution is 5.93. The smallest absolute Gasteiger partial charge is 0.252 e. The van der Waals surface area contributed by atoms with E-state index in [2.05, 4.69) is 10.3 Å². The maximum absolute atomic E-state index is 11.9. The summed E-state index contributed by atoms with van der Waals surface area (Å²) in [6.45, 7) is 2.48. The zero-order valence-corrected chi connectivity index (χ0v) is 11.7. The molecular formula is C16H18N2O2. The summed E-state index contributed by atoms with van der Waals surface area (Å²) in [5, 5.41) is 2.88. The third-order valence-electron chi connectivity index (χ3n) is 3.01. The van der Waals surface area contributed by atoms with Crippen LogP contribution in [0, 0.1) is 6.92 Å². The lowest BCUT2D eigenvalue weighted by atomic mass is 10.1. The number of carbonyl (C=O) groups is 1. The molecule has 0 saturated heterocycles. The molecule has 2 rings (SSSR count). The van der Waals surface area contributed by atoms with Crippen molar-refractivity contribution in [3.63, 3.8) is 0 Å². The zero-order valence-electron chi connectivity index (χ0n) is 11.7. The van der Waals surface area contributed by atoms with Crippen molar-refractivity contribution in [2.75, 3.05) is 13.7 Å². The van der Waals surface area contributed by atoms with Gasteiger partial charge >= 0.3 is 0 Å². The van der Waals surface area contributed by atoms with Gasteiger partial charge in [0.1, 0.15) is 5.75 Å². The van der Waals surface area contributed by atoms with Gasteiger partial charge in [-0.05, 0) is 43.2 Å². The number of nitrogens with one attached hydrogen (secondary N) is 1. The molecule has 0 radical (unpaired) electrons. The molecule has 0 spiro atoms. The first-order valence-corrected chi connectivity index (χ1v) is 6.53. The fourth-order valence-electron chi connectivity index (χ4n) is 1.85. The molecule has 1 N–H and O–H groups in total. The molecule has 20 heavy (non-hydrogen) atoms. The van der Waals surface area contributed by atoms with E-state index in [4.69, 9.17) is 4.74 Å². The minimum atomic E-state index is -0.0969. The second-order valence-corrected chi connectivity index (χ2v) is 4.55. The number of aryl methyl sites for hydroxylation is 1. The average molecular weight is 270 g/mol. The number of hydrogen-bond acceptors (Lipinski definition) is 3. The van der Waals surface area contributed by atoms with Crippen LogP contribution in [-0.4, -0.2) is 24.5 Å². The van der Waals surface area contributed by atoms with Crippen molar-refractivity contribution in [1.82, 2.24) is 10.3 Å². The van der Waals surface area contributed by atoms with Crippen LogP contribution in [0.4, 0.5) is 0 Å². The highest BCUT2D eigenvalue weighted by atomic mass is 16.5. The molecular weight excluding hydrogens is 252 g/mol. The van der Waals surface area contributed by atoms with Gasteiger partial charge in [0.25, 0.3) is 5.91 Å². The van der Waals surface area contributed by atoms with Gasteiger partial charge < -0.3 is 10.1 Å². The van der Waals surface area contributed by atoms with E-state index < -0.39 is 0 Å². The Bertz CT molecular complexity index is 579. The number of rotatable bonds is 5. The Labute approximate surface area is 118 Å². The average Bonchev–Trinajstić information content (AvgIpc) is 2.48. The molecule has 0 bridgehead atoms. The van der Waals surface area contributed by atoms with Crippen LogP contribution in [-0.2, 0) is 6.42 Å². The fourth-order valence-corrected chi connectivity index (χ4v) is 1.85. The second-order valence-electron chi connectivity index (χ2n) is 4.55. The van der Waals surface area contributed by atoms with Crippen molar-refractivity contribution in [3.8, 4) is 5.75 Å². The van der Waals surface area contributed by atoms with Gasteiger partial charge in [-0.2, -0.15) is 0 Å². The molecule has 0 aliphatic rings. The van der Waals surface area contributed by atoms with Crippen molar-refractivity contribution >= 4 is 5.91 Å². The molecule has 4 nitrogen and oxygen atoms in total. The lowest BCUT2D eigenvalue weighted by Gasteiger charge is -2.06. The maximum atomic E-state index is 11.9. The number of aromatic nitrogens is 1. The van der Waals surface area contributed by atoms with Crippen molar-refractivity contribution < 1.29 is 9.53 Å². The fraction of sp³-hybridized carbons (Fsp3) is 0.250. The quantitative estimate of drug-likeness (QED) is 0.907. The van der Waals surface area contributed by atoms with Gasteiger partial charge in [-0.15, -0.1) is 0 Å². The lowest BCUT2D eigenvalue weighted by molar-refractivity contribution is 0.0954. The lowest BCUT2D eigenvalue weighted by Crippen LogP contribution is -2.25. The van der Waals surface area contributed by atoms with E-state index in [0.29, 0.717) is 12.1 Å². The van der Waals surface area contributed by atoms with Gasteiger partial charge in [0, 0.05) is 18.4 Å². The number of nitrogens with zero attached hydrogens (tertiary/aromatic N) is 1. The molecule has 0 aliphatic carbocycles. The Morgan fingerprint density at radius 2 is 2.15 bits per heavy atom. The molecule has 0 fully saturated rings. The molecule has 2 aromatic rings. The topological polar surface area (TPSA) is 51.2 Å². The van der Waals surface area contributed by atoms with E-state index >= 15 is 0 Å². The summed E-state index contributed by atoms with van der Waals surface area (Å²) in [5.41, 5.74) is 2.62. The molecule has 1 amide bonds. The molecule has 104 valence electrons. The highest BCUT2D eigenvalue weighted by Gasteiger charge is 2.05. The summed E-state index contributed by atoms with van der Waals surface area (Å²) in [7, 11) is 1.64. The standard InChI is InChI=1S/C16H18N2O2/c1-12-6-7-14(11-18-12)16(19)17-9-8-13-4-3-5-15(10-13)20-2/h3-7,10-11H,8-9H2,1-2H3,(H,17,19). The summed E-state index contributed by atoms with van der Waals surface area (Å²) in [4.78, 5) is 16.0. The Kier molecular flexibility index (Phi) is 4.71. The predicted octanol–water partition coefficient (Wildman–Crippen LogP) is 2.37. The number of benzene rings is 1. The molecule has 0 aliphatic heterocycles. The number of carbonyl (C=O) groups excluding carboxylic acids is 1. The first kappa shape index (κ1) is 14.1. The summed E-state index contributed by atoms with van der Waals surface area (Å²) in [6, 6.07) is 11.4. The third kappa shape index (κ3) is 3.82. The van der Waals surface area contributed by atoms with Crippen molar-refractivity contribution in [1.29, 1.82) is 0 Å². The van der Waals surface area contributed by atoms with E-state index in [1.807, 2.05) is 37.3 Å². The summed E-state index contributed by atoms with van der Waals surface area (Å²) in [6.07, 6.45) is 2.36. The van der Waals surface area contributed by atoms with Crippen LogP contribution in [0.25, 0.3) is 0 Å². The molecule has 0 unspecified atom stereocenters. The number of methoxy groups -OCH3 is 1. The van der Waals surface area contributed by atoms with Gasteiger partial charge in [-0.25, -0.2) is 0 Å². The van der Waals surface area contributed by atoms with E-state index in [0.717, 1.165) is 23.4 Å². The Morgan fingerprint density at radius 1 is 1.30 bits per heavy atom. The van der Waals surface area contributed by atoms with Gasteiger partial charge in [0.05, 0.1) is 12.7 Å². The minimum Gasteiger partial charge on any atom is -0.497 e.